The highest BCUT2D eigenvalue weighted by Gasteiger charge is 2.40. The van der Waals surface area contributed by atoms with E-state index in [0.717, 1.165) is 56.4 Å². The molecule has 0 radical (unpaired) electrons. The van der Waals surface area contributed by atoms with E-state index in [1.54, 1.807) is 0 Å². The molecule has 0 bridgehead atoms. The summed E-state index contributed by atoms with van der Waals surface area (Å²) in [5.41, 5.74) is 0.0698. The second kappa shape index (κ2) is 6.03. The van der Waals surface area contributed by atoms with Crippen LogP contribution in [0.2, 0.25) is 0 Å². The van der Waals surface area contributed by atoms with Crippen molar-refractivity contribution in [3.8, 4) is 0 Å². The number of nitrogens with zero attached hydrogens (tertiary/aromatic N) is 3. The lowest BCUT2D eigenvalue weighted by Crippen LogP contribution is -2.33. The number of aromatic nitrogens is 2. The Balaban J connectivity index is 1.81. The lowest BCUT2D eigenvalue weighted by Gasteiger charge is -2.29. The first-order valence-corrected chi connectivity index (χ1v) is 8.73. The highest BCUT2D eigenvalue weighted by Crippen LogP contribution is 2.35. The van der Waals surface area contributed by atoms with Gasteiger partial charge in [-0.05, 0) is 26.4 Å². The van der Waals surface area contributed by atoms with Gasteiger partial charge in [0.05, 0.1) is 11.5 Å². The minimum atomic E-state index is 0.0698. The average molecular weight is 296 g/mol. The van der Waals surface area contributed by atoms with Crippen LogP contribution < -0.4 is 5.32 Å². The van der Waals surface area contributed by atoms with Gasteiger partial charge in [0, 0.05) is 24.6 Å². The monoisotopic (exact) mass is 296 g/mol. The lowest BCUT2D eigenvalue weighted by atomic mass is 9.82. The summed E-state index contributed by atoms with van der Waals surface area (Å²) in [5, 5.41) is 7.74. The molecule has 20 heavy (non-hydrogen) atoms. The Bertz CT molecular complexity index is 444. The van der Waals surface area contributed by atoms with Crippen molar-refractivity contribution in [2.24, 2.45) is 0 Å². The zero-order valence-electron chi connectivity index (χ0n) is 12.4. The summed E-state index contributed by atoms with van der Waals surface area (Å²) < 4.78 is 5.67. The van der Waals surface area contributed by atoms with E-state index in [2.05, 4.69) is 29.3 Å². The summed E-state index contributed by atoms with van der Waals surface area (Å²) in [6, 6.07) is 0.305. The van der Waals surface area contributed by atoms with Crippen molar-refractivity contribution >= 4 is 11.8 Å². The van der Waals surface area contributed by atoms with Crippen molar-refractivity contribution in [2.75, 3.05) is 38.2 Å². The molecular weight excluding hydrogens is 272 g/mol. The first-order valence-electron chi connectivity index (χ1n) is 7.58. The molecule has 3 heterocycles. The fourth-order valence-corrected chi connectivity index (χ4v) is 4.48. The summed E-state index contributed by atoms with van der Waals surface area (Å²) in [5.74, 6) is 3.98. The Morgan fingerprint density at radius 3 is 3.15 bits per heavy atom. The van der Waals surface area contributed by atoms with Gasteiger partial charge in [-0.1, -0.05) is 18.5 Å². The van der Waals surface area contributed by atoms with Crippen molar-refractivity contribution in [1.29, 1.82) is 0 Å². The van der Waals surface area contributed by atoms with E-state index in [-0.39, 0.29) is 5.41 Å². The van der Waals surface area contributed by atoms with E-state index in [1.807, 2.05) is 11.8 Å². The smallest absolute Gasteiger partial charge is 0.234 e. The van der Waals surface area contributed by atoms with E-state index in [0.29, 0.717) is 6.04 Å². The van der Waals surface area contributed by atoms with Crippen molar-refractivity contribution in [1.82, 2.24) is 20.4 Å². The quantitative estimate of drug-likeness (QED) is 0.915. The Kier molecular flexibility index (Phi) is 4.33. The van der Waals surface area contributed by atoms with Crippen LogP contribution in [0.3, 0.4) is 0 Å². The summed E-state index contributed by atoms with van der Waals surface area (Å²) in [4.78, 5) is 7.12. The molecule has 2 aliphatic heterocycles. The molecule has 1 aromatic rings. The molecule has 1 N–H and O–H groups in total. The third kappa shape index (κ3) is 2.61. The van der Waals surface area contributed by atoms with Gasteiger partial charge >= 0.3 is 0 Å². The molecule has 6 heteroatoms. The molecule has 112 valence electrons. The van der Waals surface area contributed by atoms with Crippen LogP contribution in [0.1, 0.15) is 43.9 Å². The Hall–Kier alpha value is -0.590. The van der Waals surface area contributed by atoms with Crippen LogP contribution in [0.15, 0.2) is 4.52 Å². The maximum Gasteiger partial charge on any atom is 0.234 e. The third-order valence-corrected chi connectivity index (χ3v) is 5.58. The summed E-state index contributed by atoms with van der Waals surface area (Å²) in [6.45, 7) is 5.35. The number of hydrogen-bond acceptors (Lipinski definition) is 6. The molecule has 1 aromatic heterocycles. The summed E-state index contributed by atoms with van der Waals surface area (Å²) in [6.07, 6.45) is 3.38. The number of rotatable bonds is 4. The highest BCUT2D eigenvalue weighted by atomic mass is 32.2. The largest absolute Gasteiger partial charge is 0.339 e. The number of hydrogen-bond donors (Lipinski definition) is 1. The maximum absolute atomic E-state index is 5.67. The van der Waals surface area contributed by atoms with Crippen LogP contribution >= 0.6 is 11.8 Å². The second-order valence-electron chi connectivity index (χ2n) is 5.99. The molecule has 2 unspecified atom stereocenters. The molecule has 0 saturated carbocycles. The molecule has 0 spiro atoms. The first-order chi connectivity index (χ1) is 9.75. The van der Waals surface area contributed by atoms with Gasteiger partial charge in [0.15, 0.2) is 5.82 Å². The third-order valence-electron chi connectivity index (χ3n) is 4.56. The maximum atomic E-state index is 5.67. The van der Waals surface area contributed by atoms with E-state index < -0.39 is 0 Å². The zero-order chi connectivity index (χ0) is 14.0. The van der Waals surface area contributed by atoms with Crippen LogP contribution in [0.25, 0.3) is 0 Å². The van der Waals surface area contributed by atoms with Gasteiger partial charge in [0.2, 0.25) is 5.89 Å². The van der Waals surface area contributed by atoms with Gasteiger partial charge in [-0.3, -0.25) is 4.90 Å². The molecule has 2 atom stereocenters. The molecule has 5 nitrogen and oxygen atoms in total. The fraction of sp³-hybridized carbons (Fsp3) is 0.857. The molecule has 3 rings (SSSR count). The van der Waals surface area contributed by atoms with Crippen molar-refractivity contribution in [3.05, 3.63) is 11.7 Å². The molecule has 0 aliphatic carbocycles. The van der Waals surface area contributed by atoms with E-state index in [9.17, 15) is 0 Å². The predicted molar refractivity (Wildman–Crippen MR) is 81.1 cm³/mol. The lowest BCUT2D eigenvalue weighted by molar-refractivity contribution is 0.250. The van der Waals surface area contributed by atoms with Gasteiger partial charge in [-0.25, -0.2) is 0 Å². The topological polar surface area (TPSA) is 54.2 Å². The molecule has 2 aliphatic rings. The van der Waals surface area contributed by atoms with E-state index in [4.69, 9.17) is 9.51 Å². The summed E-state index contributed by atoms with van der Waals surface area (Å²) >= 11 is 1.98. The summed E-state index contributed by atoms with van der Waals surface area (Å²) in [7, 11) is 2.15. The normalized spacial score (nSPS) is 31.8. The van der Waals surface area contributed by atoms with E-state index in [1.165, 1.54) is 5.75 Å². The molecule has 2 saturated heterocycles. The van der Waals surface area contributed by atoms with Crippen LogP contribution in [0, 0.1) is 0 Å². The van der Waals surface area contributed by atoms with Gasteiger partial charge < -0.3 is 9.84 Å². The van der Waals surface area contributed by atoms with Gasteiger partial charge in [0.25, 0.3) is 0 Å². The van der Waals surface area contributed by atoms with Gasteiger partial charge in [0.1, 0.15) is 0 Å². The highest BCUT2D eigenvalue weighted by molar-refractivity contribution is 7.99. The minimum absolute atomic E-state index is 0.0698. The molecule has 0 amide bonds. The van der Waals surface area contributed by atoms with Crippen molar-refractivity contribution in [2.45, 2.75) is 37.6 Å². The Morgan fingerprint density at radius 2 is 2.45 bits per heavy atom. The first kappa shape index (κ1) is 14.4. The predicted octanol–water partition coefficient (Wildman–Crippen LogP) is 1.82. The van der Waals surface area contributed by atoms with E-state index >= 15 is 0 Å². The van der Waals surface area contributed by atoms with Gasteiger partial charge in [-0.2, -0.15) is 16.7 Å². The van der Waals surface area contributed by atoms with Gasteiger partial charge in [-0.15, -0.1) is 0 Å². The number of nitrogens with one attached hydrogen (secondary N) is 1. The number of thioether (sulfide) groups is 1. The van der Waals surface area contributed by atoms with Crippen molar-refractivity contribution < 1.29 is 4.52 Å². The Morgan fingerprint density at radius 1 is 1.55 bits per heavy atom. The Labute approximate surface area is 124 Å². The molecule has 2 fully saturated rings. The van der Waals surface area contributed by atoms with Crippen LogP contribution in [0.4, 0.5) is 0 Å². The SMILES string of the molecule is CCCC1(c2nc(C3CSCCN3C)no2)CCNC1. The fourth-order valence-electron chi connectivity index (χ4n) is 3.27. The molecule has 0 aromatic carbocycles. The average Bonchev–Trinajstić information content (AvgIpc) is 3.09. The standard InChI is InChI=1S/C14H24N4OS/c1-3-4-14(5-6-15-10-14)13-16-12(17-19-13)11-9-20-8-7-18(11)2/h11,15H,3-10H2,1-2H3. The van der Waals surface area contributed by atoms with Crippen LogP contribution in [-0.4, -0.2) is 53.2 Å². The minimum Gasteiger partial charge on any atom is -0.339 e. The van der Waals surface area contributed by atoms with Crippen LogP contribution in [-0.2, 0) is 5.41 Å². The zero-order valence-corrected chi connectivity index (χ0v) is 13.2. The van der Waals surface area contributed by atoms with Crippen molar-refractivity contribution in [3.63, 3.8) is 0 Å². The van der Waals surface area contributed by atoms with Crippen LogP contribution in [0.5, 0.6) is 0 Å². The second-order valence-corrected chi connectivity index (χ2v) is 7.14. The molecular formula is C14H24N4OS.